The van der Waals surface area contributed by atoms with Gasteiger partial charge in [-0.1, -0.05) is 18.2 Å². The Kier molecular flexibility index (Phi) is 6.70. The highest BCUT2D eigenvalue weighted by Crippen LogP contribution is 2.31. The molecule has 0 spiro atoms. The Labute approximate surface area is 179 Å². The zero-order chi connectivity index (χ0) is 21.7. The van der Waals surface area contributed by atoms with Gasteiger partial charge >= 0.3 is 6.18 Å². The van der Waals surface area contributed by atoms with Crippen LogP contribution in [-0.4, -0.2) is 55.9 Å². The minimum absolute atomic E-state index is 0.0208. The third kappa shape index (κ3) is 6.16. The van der Waals surface area contributed by atoms with Crippen LogP contribution in [0.1, 0.15) is 30.2 Å². The third-order valence-corrected chi connectivity index (χ3v) is 5.49. The molecule has 0 saturated carbocycles. The maximum absolute atomic E-state index is 12.7. The van der Waals surface area contributed by atoms with Gasteiger partial charge in [-0.15, -0.1) is 0 Å². The number of alkyl halides is 3. The van der Waals surface area contributed by atoms with Crippen LogP contribution in [0.15, 0.2) is 52.1 Å². The first kappa shape index (κ1) is 21.5. The van der Waals surface area contributed by atoms with Gasteiger partial charge in [0.05, 0.1) is 25.5 Å². The number of nitrogens with one attached hydrogen (secondary N) is 2. The number of guanidine groups is 1. The molecule has 2 atom stereocenters. The van der Waals surface area contributed by atoms with E-state index in [1.54, 1.807) is 6.26 Å². The number of furan rings is 1. The van der Waals surface area contributed by atoms with Gasteiger partial charge in [-0.25, -0.2) is 0 Å². The van der Waals surface area contributed by atoms with E-state index < -0.39 is 12.7 Å². The second-order valence-electron chi connectivity index (χ2n) is 7.91. The average molecular weight is 436 g/mol. The number of hydrogen-bond acceptors (Lipinski definition) is 4. The maximum Gasteiger partial charge on any atom is 0.401 e. The number of benzene rings is 1. The number of fused-ring (bicyclic) bond motifs is 1. The lowest BCUT2D eigenvalue weighted by Gasteiger charge is -2.29. The molecule has 0 bridgehead atoms. The standard InChI is InChI=1S/C22H27F3N4O2/c23-22(24,25)15-29-11-8-16(14-29)27-21(26-10-7-17-4-3-12-30-17)28-19-9-13-31-20-6-2-1-5-18(19)20/h1-6,12,16,19H,7-11,13-15H2,(H2,26,27,28). The summed E-state index contributed by atoms with van der Waals surface area (Å²) >= 11 is 0. The zero-order valence-corrected chi connectivity index (χ0v) is 17.2. The molecule has 2 aliphatic rings. The lowest BCUT2D eigenvalue weighted by Crippen LogP contribution is -2.47. The highest BCUT2D eigenvalue weighted by atomic mass is 19.4. The number of rotatable bonds is 6. The van der Waals surface area contributed by atoms with E-state index in [1.807, 2.05) is 36.4 Å². The van der Waals surface area contributed by atoms with Gasteiger partial charge in [0.2, 0.25) is 0 Å². The fourth-order valence-corrected chi connectivity index (χ4v) is 4.06. The molecule has 1 aromatic heterocycles. The SMILES string of the molecule is FC(F)(F)CN1CCC(NC(=NCCc2ccco2)NC2CCOc3ccccc32)C1. The summed E-state index contributed by atoms with van der Waals surface area (Å²) in [4.78, 5) is 6.11. The van der Waals surface area contributed by atoms with Gasteiger partial charge < -0.3 is 19.8 Å². The van der Waals surface area contributed by atoms with Crippen LogP contribution in [-0.2, 0) is 6.42 Å². The molecule has 2 aromatic rings. The predicted octanol–water partition coefficient (Wildman–Crippen LogP) is 3.52. The number of nitrogens with zero attached hydrogens (tertiary/aromatic N) is 2. The summed E-state index contributed by atoms with van der Waals surface area (Å²) in [6.45, 7) is 0.973. The van der Waals surface area contributed by atoms with Crippen LogP contribution in [0, 0.1) is 0 Å². The van der Waals surface area contributed by atoms with Crippen LogP contribution in [0.3, 0.4) is 0 Å². The fourth-order valence-electron chi connectivity index (χ4n) is 4.06. The van der Waals surface area contributed by atoms with Gasteiger partial charge in [0, 0.05) is 44.1 Å². The number of hydrogen-bond donors (Lipinski definition) is 2. The van der Waals surface area contributed by atoms with E-state index in [9.17, 15) is 13.2 Å². The average Bonchev–Trinajstić information content (AvgIpc) is 3.39. The van der Waals surface area contributed by atoms with Crippen LogP contribution in [0.4, 0.5) is 13.2 Å². The van der Waals surface area contributed by atoms with Crippen molar-refractivity contribution in [3.05, 3.63) is 54.0 Å². The largest absolute Gasteiger partial charge is 0.493 e. The van der Waals surface area contributed by atoms with E-state index >= 15 is 0 Å². The van der Waals surface area contributed by atoms with Crippen LogP contribution >= 0.6 is 0 Å². The molecule has 2 N–H and O–H groups in total. The topological polar surface area (TPSA) is 62.0 Å². The molecule has 2 unspecified atom stereocenters. The van der Waals surface area contributed by atoms with E-state index in [-0.39, 0.29) is 12.1 Å². The van der Waals surface area contributed by atoms with Crippen molar-refractivity contribution in [3.63, 3.8) is 0 Å². The van der Waals surface area contributed by atoms with Crippen molar-refractivity contribution in [2.75, 3.05) is 32.8 Å². The van der Waals surface area contributed by atoms with Crippen molar-refractivity contribution >= 4 is 5.96 Å². The highest BCUT2D eigenvalue weighted by Gasteiger charge is 2.34. The second-order valence-corrected chi connectivity index (χ2v) is 7.91. The molecule has 3 heterocycles. The Balaban J connectivity index is 1.42. The molecule has 0 radical (unpaired) electrons. The number of ether oxygens (including phenoxy) is 1. The van der Waals surface area contributed by atoms with Crippen molar-refractivity contribution in [3.8, 4) is 5.75 Å². The normalized spacial score (nSPS) is 22.1. The second kappa shape index (κ2) is 9.64. The Morgan fingerprint density at radius 3 is 2.81 bits per heavy atom. The van der Waals surface area contributed by atoms with Crippen molar-refractivity contribution in [2.45, 2.75) is 37.5 Å². The van der Waals surface area contributed by atoms with E-state index in [1.165, 1.54) is 4.90 Å². The number of para-hydroxylation sites is 1. The lowest BCUT2D eigenvalue weighted by atomic mass is 10.0. The fraction of sp³-hybridized carbons (Fsp3) is 0.500. The van der Waals surface area contributed by atoms with E-state index in [4.69, 9.17) is 9.15 Å². The third-order valence-electron chi connectivity index (χ3n) is 5.49. The van der Waals surface area contributed by atoms with Crippen molar-refractivity contribution in [1.29, 1.82) is 0 Å². The Morgan fingerprint density at radius 2 is 2.00 bits per heavy atom. The summed E-state index contributed by atoms with van der Waals surface area (Å²) < 4.78 is 49.3. The molecule has 4 rings (SSSR count). The Morgan fingerprint density at radius 1 is 1.13 bits per heavy atom. The first-order valence-corrected chi connectivity index (χ1v) is 10.6. The van der Waals surface area contributed by atoms with Crippen molar-refractivity contribution in [2.24, 2.45) is 4.99 Å². The van der Waals surface area contributed by atoms with Gasteiger partial charge in [0.25, 0.3) is 0 Å². The van der Waals surface area contributed by atoms with Crippen molar-refractivity contribution in [1.82, 2.24) is 15.5 Å². The van der Waals surface area contributed by atoms with Gasteiger partial charge in [-0.05, 0) is 24.6 Å². The molecule has 2 aliphatic heterocycles. The first-order chi connectivity index (χ1) is 15.0. The van der Waals surface area contributed by atoms with Gasteiger partial charge in [-0.2, -0.15) is 13.2 Å². The van der Waals surface area contributed by atoms with E-state index in [0.717, 1.165) is 23.5 Å². The molecule has 9 heteroatoms. The molecule has 1 saturated heterocycles. The summed E-state index contributed by atoms with van der Waals surface area (Å²) in [6.07, 6.45) is -0.489. The number of halogens is 3. The molecular weight excluding hydrogens is 409 g/mol. The van der Waals surface area contributed by atoms with Crippen LogP contribution in [0.25, 0.3) is 0 Å². The van der Waals surface area contributed by atoms with Crippen LogP contribution < -0.4 is 15.4 Å². The smallest absolute Gasteiger partial charge is 0.401 e. The minimum atomic E-state index is -4.18. The highest BCUT2D eigenvalue weighted by molar-refractivity contribution is 5.80. The zero-order valence-electron chi connectivity index (χ0n) is 17.2. The van der Waals surface area contributed by atoms with Gasteiger partial charge in [0.1, 0.15) is 11.5 Å². The molecule has 1 fully saturated rings. The predicted molar refractivity (Wildman–Crippen MR) is 111 cm³/mol. The summed E-state index contributed by atoms with van der Waals surface area (Å²) in [6, 6.07) is 11.5. The summed E-state index contributed by atoms with van der Waals surface area (Å²) in [5.41, 5.74) is 1.06. The molecule has 6 nitrogen and oxygen atoms in total. The summed E-state index contributed by atoms with van der Waals surface area (Å²) in [7, 11) is 0. The van der Waals surface area contributed by atoms with Crippen molar-refractivity contribution < 1.29 is 22.3 Å². The maximum atomic E-state index is 12.7. The van der Waals surface area contributed by atoms with Gasteiger partial charge in [0.15, 0.2) is 5.96 Å². The Bertz CT molecular complexity index is 870. The van der Waals surface area contributed by atoms with Gasteiger partial charge in [-0.3, -0.25) is 9.89 Å². The molecular formula is C22H27F3N4O2. The molecule has 31 heavy (non-hydrogen) atoms. The monoisotopic (exact) mass is 436 g/mol. The van der Waals surface area contributed by atoms with Crippen LogP contribution in [0.5, 0.6) is 5.75 Å². The molecule has 1 aromatic carbocycles. The summed E-state index contributed by atoms with van der Waals surface area (Å²) in [5.74, 6) is 2.29. The molecule has 168 valence electrons. The first-order valence-electron chi connectivity index (χ1n) is 10.6. The minimum Gasteiger partial charge on any atom is -0.493 e. The molecule has 0 amide bonds. The number of likely N-dealkylation sites (tertiary alicyclic amines) is 1. The Hall–Kier alpha value is -2.68. The summed E-state index contributed by atoms with van der Waals surface area (Å²) in [5, 5.41) is 6.82. The molecule has 0 aliphatic carbocycles. The van der Waals surface area contributed by atoms with E-state index in [0.29, 0.717) is 45.0 Å². The quantitative estimate of drug-likeness (QED) is 0.536. The number of aliphatic imine (C=N–C) groups is 1. The lowest BCUT2D eigenvalue weighted by molar-refractivity contribution is -0.143. The van der Waals surface area contributed by atoms with Crippen LogP contribution in [0.2, 0.25) is 0 Å². The van der Waals surface area contributed by atoms with E-state index in [2.05, 4.69) is 15.6 Å².